The Kier molecular flexibility index (Phi) is 3.74. The second-order valence-corrected chi connectivity index (χ2v) is 4.48. The number of hydrogen-bond donors (Lipinski definition) is 1. The van der Waals surface area contributed by atoms with Crippen LogP contribution in [-0.4, -0.2) is 42.2 Å². The highest BCUT2D eigenvalue weighted by atomic mass is 19.4. The van der Waals surface area contributed by atoms with Gasteiger partial charge in [-0.1, -0.05) is 0 Å². The smallest absolute Gasteiger partial charge is 0.471 e. The minimum absolute atomic E-state index is 0.00120. The van der Waals surface area contributed by atoms with Crippen LogP contribution in [0.5, 0.6) is 5.88 Å². The van der Waals surface area contributed by atoms with Gasteiger partial charge in [0.05, 0.1) is 12.8 Å². The molecule has 1 aromatic rings. The van der Waals surface area contributed by atoms with Gasteiger partial charge in [-0.15, -0.1) is 0 Å². The lowest BCUT2D eigenvalue weighted by Gasteiger charge is -2.21. The van der Waals surface area contributed by atoms with E-state index >= 15 is 0 Å². The molecule has 0 saturated heterocycles. The number of halogens is 3. The van der Waals surface area contributed by atoms with Crippen molar-refractivity contribution in [2.45, 2.75) is 19.0 Å². The highest BCUT2D eigenvalue weighted by Crippen LogP contribution is 2.26. The first kappa shape index (κ1) is 14.4. The van der Waals surface area contributed by atoms with E-state index in [2.05, 4.69) is 4.98 Å². The number of ether oxygens (including phenoxy) is 1. The maximum Gasteiger partial charge on any atom is 0.471 e. The summed E-state index contributed by atoms with van der Waals surface area (Å²) in [6.45, 7) is -0.0236. The number of nitrogens with two attached hydrogens (primary N) is 1. The molecular formula is C12H14F3N3O2. The number of nitrogen functional groups attached to an aromatic ring is 1. The predicted molar refractivity (Wildman–Crippen MR) is 65.2 cm³/mol. The predicted octanol–water partition coefficient (Wildman–Crippen LogP) is 1.16. The quantitative estimate of drug-likeness (QED) is 0.842. The summed E-state index contributed by atoms with van der Waals surface area (Å²) in [6.07, 6.45) is -4.31. The van der Waals surface area contributed by atoms with Gasteiger partial charge in [0, 0.05) is 25.2 Å². The highest BCUT2D eigenvalue weighted by molar-refractivity contribution is 5.82. The maximum atomic E-state index is 12.4. The van der Waals surface area contributed by atoms with Gasteiger partial charge >= 0.3 is 12.1 Å². The zero-order chi connectivity index (χ0) is 14.9. The van der Waals surface area contributed by atoms with Crippen molar-refractivity contribution in [3.8, 4) is 5.88 Å². The van der Waals surface area contributed by atoms with Crippen molar-refractivity contribution in [1.82, 2.24) is 9.88 Å². The van der Waals surface area contributed by atoms with Gasteiger partial charge in [0.2, 0.25) is 5.88 Å². The molecule has 20 heavy (non-hydrogen) atoms. The maximum absolute atomic E-state index is 12.4. The fourth-order valence-electron chi connectivity index (χ4n) is 2.18. The van der Waals surface area contributed by atoms with Crippen molar-refractivity contribution in [3.05, 3.63) is 17.3 Å². The Hall–Kier alpha value is -1.99. The van der Waals surface area contributed by atoms with Crippen LogP contribution in [0.25, 0.3) is 0 Å². The van der Waals surface area contributed by atoms with E-state index in [0.29, 0.717) is 17.8 Å². The number of rotatable bonds is 1. The van der Waals surface area contributed by atoms with Crippen LogP contribution in [0.3, 0.4) is 0 Å². The number of aromatic nitrogens is 1. The van der Waals surface area contributed by atoms with E-state index in [9.17, 15) is 18.0 Å². The molecule has 0 fully saturated rings. The SMILES string of the molecule is COc1nc2c(cc1N)CCN(C(=O)C(F)(F)F)CC2. The van der Waals surface area contributed by atoms with Crippen LogP contribution in [0, 0.1) is 0 Å². The van der Waals surface area contributed by atoms with Crippen LogP contribution in [-0.2, 0) is 17.6 Å². The Morgan fingerprint density at radius 2 is 2.05 bits per heavy atom. The Bertz CT molecular complexity index is 531. The third kappa shape index (κ3) is 2.78. The van der Waals surface area contributed by atoms with Gasteiger partial charge in [0.25, 0.3) is 0 Å². The highest BCUT2D eigenvalue weighted by Gasteiger charge is 2.42. The van der Waals surface area contributed by atoms with Crippen molar-refractivity contribution < 1.29 is 22.7 Å². The summed E-state index contributed by atoms with van der Waals surface area (Å²) in [6, 6.07) is 1.64. The van der Waals surface area contributed by atoms with Gasteiger partial charge in [-0.2, -0.15) is 13.2 Å². The molecule has 0 bridgehead atoms. The van der Waals surface area contributed by atoms with Crippen molar-refractivity contribution in [2.75, 3.05) is 25.9 Å². The molecule has 1 aliphatic heterocycles. The van der Waals surface area contributed by atoms with Crippen LogP contribution in [0.15, 0.2) is 6.07 Å². The van der Waals surface area contributed by atoms with E-state index in [-0.39, 0.29) is 25.4 Å². The second kappa shape index (κ2) is 5.18. The third-order valence-corrected chi connectivity index (χ3v) is 3.18. The van der Waals surface area contributed by atoms with E-state index in [1.54, 1.807) is 6.07 Å². The molecule has 0 aliphatic carbocycles. The number of pyridine rings is 1. The van der Waals surface area contributed by atoms with Crippen LogP contribution < -0.4 is 10.5 Å². The number of amides is 1. The van der Waals surface area contributed by atoms with Crippen molar-refractivity contribution in [1.29, 1.82) is 0 Å². The summed E-state index contributed by atoms with van der Waals surface area (Å²) < 4.78 is 42.3. The largest absolute Gasteiger partial charge is 0.480 e. The second-order valence-electron chi connectivity index (χ2n) is 4.48. The Labute approximate surface area is 113 Å². The van der Waals surface area contributed by atoms with E-state index in [4.69, 9.17) is 10.5 Å². The number of fused-ring (bicyclic) bond motifs is 1. The molecule has 0 aromatic carbocycles. The zero-order valence-electron chi connectivity index (χ0n) is 10.8. The molecule has 1 aliphatic rings. The standard InChI is InChI=1S/C12H14F3N3O2/c1-20-10-8(16)6-7-2-4-18(5-3-9(7)17-10)11(19)12(13,14)15/h6H,2-5,16H2,1H3. The Morgan fingerprint density at radius 1 is 1.40 bits per heavy atom. The van der Waals surface area contributed by atoms with Crippen molar-refractivity contribution in [2.24, 2.45) is 0 Å². The summed E-state index contributed by atoms with van der Waals surface area (Å²) in [5.41, 5.74) is 7.43. The summed E-state index contributed by atoms with van der Waals surface area (Å²) in [5.74, 6) is -1.57. The topological polar surface area (TPSA) is 68.5 Å². The number of methoxy groups -OCH3 is 1. The lowest BCUT2D eigenvalue weighted by atomic mass is 10.1. The monoisotopic (exact) mass is 289 g/mol. The summed E-state index contributed by atoms with van der Waals surface area (Å²) >= 11 is 0. The number of carbonyl (C=O) groups is 1. The summed E-state index contributed by atoms with van der Waals surface area (Å²) in [7, 11) is 1.42. The number of carbonyl (C=O) groups excluding carboxylic acids is 1. The lowest BCUT2D eigenvalue weighted by molar-refractivity contribution is -0.185. The molecule has 2 heterocycles. The van der Waals surface area contributed by atoms with Gasteiger partial charge < -0.3 is 15.4 Å². The number of alkyl halides is 3. The van der Waals surface area contributed by atoms with E-state index < -0.39 is 12.1 Å². The van der Waals surface area contributed by atoms with E-state index in [1.165, 1.54) is 7.11 Å². The molecular weight excluding hydrogens is 275 g/mol. The molecule has 0 saturated carbocycles. The van der Waals surface area contributed by atoms with Crippen molar-refractivity contribution in [3.63, 3.8) is 0 Å². The molecule has 2 N–H and O–H groups in total. The van der Waals surface area contributed by atoms with E-state index in [1.807, 2.05) is 0 Å². The fourth-order valence-corrected chi connectivity index (χ4v) is 2.18. The number of nitrogens with zero attached hydrogens (tertiary/aromatic N) is 2. The minimum atomic E-state index is -4.85. The van der Waals surface area contributed by atoms with Crippen LogP contribution >= 0.6 is 0 Å². The number of anilines is 1. The average Bonchev–Trinajstić information content (AvgIpc) is 2.58. The molecule has 1 aromatic heterocycles. The third-order valence-electron chi connectivity index (χ3n) is 3.18. The molecule has 1 amide bonds. The average molecular weight is 289 g/mol. The van der Waals surface area contributed by atoms with Gasteiger partial charge in [0.15, 0.2) is 0 Å². The fraction of sp³-hybridized carbons (Fsp3) is 0.500. The normalized spacial score (nSPS) is 15.5. The van der Waals surface area contributed by atoms with Crippen LogP contribution in [0.2, 0.25) is 0 Å². The molecule has 5 nitrogen and oxygen atoms in total. The van der Waals surface area contributed by atoms with Gasteiger partial charge in [-0.05, 0) is 18.1 Å². The molecule has 2 rings (SSSR count). The molecule has 0 radical (unpaired) electrons. The van der Waals surface area contributed by atoms with Crippen LogP contribution in [0.4, 0.5) is 18.9 Å². The van der Waals surface area contributed by atoms with Gasteiger partial charge in [-0.25, -0.2) is 4.98 Å². The Balaban J connectivity index is 2.21. The minimum Gasteiger partial charge on any atom is -0.480 e. The Morgan fingerprint density at radius 3 is 2.65 bits per heavy atom. The first-order valence-electron chi connectivity index (χ1n) is 6.01. The lowest BCUT2D eigenvalue weighted by Crippen LogP contribution is -2.42. The first-order chi connectivity index (χ1) is 9.32. The van der Waals surface area contributed by atoms with Gasteiger partial charge in [0.1, 0.15) is 0 Å². The molecule has 8 heteroatoms. The molecule has 0 spiro atoms. The summed E-state index contributed by atoms with van der Waals surface area (Å²) in [5, 5.41) is 0. The van der Waals surface area contributed by atoms with E-state index in [0.717, 1.165) is 10.5 Å². The van der Waals surface area contributed by atoms with Crippen LogP contribution in [0.1, 0.15) is 11.3 Å². The zero-order valence-corrected chi connectivity index (χ0v) is 10.8. The van der Waals surface area contributed by atoms with Crippen molar-refractivity contribution >= 4 is 11.6 Å². The first-order valence-corrected chi connectivity index (χ1v) is 6.01. The molecule has 110 valence electrons. The molecule has 0 unspecified atom stereocenters. The molecule has 0 atom stereocenters. The number of hydrogen-bond acceptors (Lipinski definition) is 4. The van der Waals surface area contributed by atoms with Gasteiger partial charge in [-0.3, -0.25) is 4.79 Å². The summed E-state index contributed by atoms with van der Waals surface area (Å²) in [4.78, 5) is 16.2.